The monoisotopic (exact) mass is 357 g/mol. The van der Waals surface area contributed by atoms with E-state index in [1.54, 1.807) is 0 Å². The summed E-state index contributed by atoms with van der Waals surface area (Å²) < 4.78 is 1.16. The maximum Gasteiger partial charge on any atom is 0.251 e. The Morgan fingerprint density at radius 2 is 1.67 bits per heavy atom. The van der Waals surface area contributed by atoms with E-state index in [1.165, 1.54) is 6.42 Å². The highest BCUT2D eigenvalue weighted by Crippen LogP contribution is 2.28. The molecule has 0 bridgehead atoms. The molecule has 0 saturated heterocycles. The van der Waals surface area contributed by atoms with Crippen LogP contribution < -0.4 is 5.32 Å². The second kappa shape index (κ2) is 6.04. The minimum atomic E-state index is 0.0673. The van der Waals surface area contributed by atoms with Gasteiger partial charge in [-0.15, -0.1) is 0 Å². The normalized spacial score (nSPS) is 27.8. The number of carbonyl (C=O) groups excluding carboxylic acids is 1. The number of amides is 1. The van der Waals surface area contributed by atoms with Crippen LogP contribution in [0.5, 0.6) is 0 Å². The number of hydrogen-bond acceptors (Lipinski definition) is 1. The SMILES string of the molecule is CC1CC(C)CC(NC(=O)c2ccc(I)cc2)C1. The summed E-state index contributed by atoms with van der Waals surface area (Å²) in [6.45, 7) is 4.55. The molecule has 0 heterocycles. The zero-order valence-corrected chi connectivity index (χ0v) is 13.1. The van der Waals surface area contributed by atoms with Crippen LogP contribution in [-0.4, -0.2) is 11.9 Å². The van der Waals surface area contributed by atoms with Crippen LogP contribution in [0.2, 0.25) is 0 Å². The molecule has 2 nitrogen and oxygen atoms in total. The first-order valence-electron chi connectivity index (χ1n) is 6.61. The van der Waals surface area contributed by atoms with Crippen LogP contribution in [0.3, 0.4) is 0 Å². The molecular weight excluding hydrogens is 337 g/mol. The van der Waals surface area contributed by atoms with Crippen molar-refractivity contribution in [2.75, 3.05) is 0 Å². The third-order valence-electron chi connectivity index (χ3n) is 3.62. The van der Waals surface area contributed by atoms with Crippen LogP contribution in [0, 0.1) is 15.4 Å². The lowest BCUT2D eigenvalue weighted by atomic mass is 9.80. The van der Waals surface area contributed by atoms with Crippen LogP contribution in [0.4, 0.5) is 0 Å². The molecule has 98 valence electrons. The number of nitrogens with one attached hydrogen (secondary N) is 1. The second-order valence-corrected chi connectivity index (χ2v) is 6.84. The summed E-state index contributed by atoms with van der Waals surface area (Å²) in [5.74, 6) is 1.50. The van der Waals surface area contributed by atoms with Crippen LogP contribution >= 0.6 is 22.6 Å². The molecule has 0 spiro atoms. The smallest absolute Gasteiger partial charge is 0.251 e. The van der Waals surface area contributed by atoms with Crippen molar-refractivity contribution in [2.24, 2.45) is 11.8 Å². The first-order valence-corrected chi connectivity index (χ1v) is 7.69. The molecule has 1 fully saturated rings. The van der Waals surface area contributed by atoms with Crippen molar-refractivity contribution >= 4 is 28.5 Å². The summed E-state index contributed by atoms with van der Waals surface area (Å²) in [7, 11) is 0. The number of rotatable bonds is 2. The summed E-state index contributed by atoms with van der Waals surface area (Å²) in [6, 6.07) is 8.08. The molecule has 1 amide bonds. The molecule has 1 aliphatic rings. The van der Waals surface area contributed by atoms with Gasteiger partial charge in [-0.3, -0.25) is 4.79 Å². The van der Waals surface area contributed by atoms with Crippen molar-refractivity contribution in [3.8, 4) is 0 Å². The fourth-order valence-corrected chi connectivity index (χ4v) is 3.29. The third-order valence-corrected chi connectivity index (χ3v) is 4.34. The third kappa shape index (κ3) is 3.70. The van der Waals surface area contributed by atoms with Gasteiger partial charge in [0.2, 0.25) is 0 Å². The van der Waals surface area contributed by atoms with Crippen molar-refractivity contribution in [1.29, 1.82) is 0 Å². The summed E-state index contributed by atoms with van der Waals surface area (Å²) >= 11 is 2.25. The van der Waals surface area contributed by atoms with Gasteiger partial charge in [0.15, 0.2) is 0 Å². The molecule has 3 heteroatoms. The average molecular weight is 357 g/mol. The van der Waals surface area contributed by atoms with Crippen molar-refractivity contribution in [1.82, 2.24) is 5.32 Å². The van der Waals surface area contributed by atoms with Gasteiger partial charge in [-0.2, -0.15) is 0 Å². The molecule has 0 aliphatic heterocycles. The van der Waals surface area contributed by atoms with Crippen molar-refractivity contribution in [3.05, 3.63) is 33.4 Å². The Hall–Kier alpha value is -0.580. The fourth-order valence-electron chi connectivity index (χ4n) is 2.93. The van der Waals surface area contributed by atoms with Crippen molar-refractivity contribution in [3.63, 3.8) is 0 Å². The van der Waals surface area contributed by atoms with Gasteiger partial charge in [0.25, 0.3) is 5.91 Å². The Bertz CT molecular complexity index is 405. The highest BCUT2D eigenvalue weighted by atomic mass is 127. The minimum Gasteiger partial charge on any atom is -0.349 e. The average Bonchev–Trinajstić information content (AvgIpc) is 2.28. The lowest BCUT2D eigenvalue weighted by molar-refractivity contribution is 0.0911. The topological polar surface area (TPSA) is 29.1 Å². The van der Waals surface area contributed by atoms with Gasteiger partial charge in [-0.05, 0) is 78.0 Å². The van der Waals surface area contributed by atoms with E-state index < -0.39 is 0 Å². The Balaban J connectivity index is 1.96. The lowest BCUT2D eigenvalue weighted by Gasteiger charge is -2.31. The standard InChI is InChI=1S/C15H20INO/c1-10-7-11(2)9-14(8-10)17-15(18)12-3-5-13(16)6-4-12/h3-6,10-11,14H,7-9H2,1-2H3,(H,17,18). The molecule has 2 rings (SSSR count). The molecule has 1 aromatic rings. The van der Waals surface area contributed by atoms with Crippen molar-refractivity contribution in [2.45, 2.75) is 39.2 Å². The van der Waals surface area contributed by atoms with Gasteiger partial charge >= 0.3 is 0 Å². The second-order valence-electron chi connectivity index (χ2n) is 5.59. The lowest BCUT2D eigenvalue weighted by Crippen LogP contribution is -2.40. The Morgan fingerprint density at radius 3 is 2.22 bits per heavy atom. The van der Waals surface area contributed by atoms with E-state index in [1.807, 2.05) is 24.3 Å². The van der Waals surface area contributed by atoms with Gasteiger partial charge in [0, 0.05) is 15.2 Å². The predicted octanol–water partition coefficient (Wildman–Crippen LogP) is 3.85. The van der Waals surface area contributed by atoms with Gasteiger partial charge in [-0.1, -0.05) is 13.8 Å². The predicted molar refractivity (Wildman–Crippen MR) is 82.6 cm³/mol. The van der Waals surface area contributed by atoms with Gasteiger partial charge < -0.3 is 5.32 Å². The van der Waals surface area contributed by atoms with Crippen LogP contribution in [0.1, 0.15) is 43.5 Å². The minimum absolute atomic E-state index is 0.0673. The first kappa shape index (κ1) is 13.8. The maximum atomic E-state index is 12.1. The Kier molecular flexibility index (Phi) is 4.65. The van der Waals surface area contributed by atoms with E-state index in [2.05, 4.69) is 41.8 Å². The summed E-state index contributed by atoms with van der Waals surface area (Å²) in [6.07, 6.45) is 3.51. The number of benzene rings is 1. The zero-order chi connectivity index (χ0) is 13.1. The Morgan fingerprint density at radius 1 is 1.11 bits per heavy atom. The van der Waals surface area contributed by atoms with Crippen LogP contribution in [0.15, 0.2) is 24.3 Å². The highest BCUT2D eigenvalue weighted by Gasteiger charge is 2.25. The summed E-state index contributed by atoms with van der Waals surface area (Å²) in [5, 5.41) is 3.17. The number of carbonyl (C=O) groups is 1. The molecule has 0 aromatic heterocycles. The highest BCUT2D eigenvalue weighted by molar-refractivity contribution is 14.1. The van der Waals surface area contributed by atoms with Gasteiger partial charge in [0.1, 0.15) is 0 Å². The molecule has 0 radical (unpaired) electrons. The first-order chi connectivity index (χ1) is 8.54. The van der Waals surface area contributed by atoms with E-state index in [0.29, 0.717) is 6.04 Å². The molecule has 1 saturated carbocycles. The summed E-state index contributed by atoms with van der Waals surface area (Å²) in [4.78, 5) is 12.1. The van der Waals surface area contributed by atoms with E-state index in [0.717, 1.165) is 33.8 Å². The number of halogens is 1. The molecule has 1 aliphatic carbocycles. The molecular formula is C15H20INO. The molecule has 18 heavy (non-hydrogen) atoms. The number of hydrogen-bond donors (Lipinski definition) is 1. The van der Waals surface area contributed by atoms with Gasteiger partial charge in [0.05, 0.1) is 0 Å². The van der Waals surface area contributed by atoms with Crippen LogP contribution in [0.25, 0.3) is 0 Å². The molecule has 1 N–H and O–H groups in total. The van der Waals surface area contributed by atoms with E-state index >= 15 is 0 Å². The van der Waals surface area contributed by atoms with E-state index in [-0.39, 0.29) is 5.91 Å². The van der Waals surface area contributed by atoms with Gasteiger partial charge in [-0.25, -0.2) is 0 Å². The fraction of sp³-hybridized carbons (Fsp3) is 0.533. The van der Waals surface area contributed by atoms with Crippen molar-refractivity contribution < 1.29 is 4.79 Å². The largest absolute Gasteiger partial charge is 0.349 e. The molecule has 1 aromatic carbocycles. The van der Waals surface area contributed by atoms with E-state index in [9.17, 15) is 4.79 Å². The molecule has 2 unspecified atom stereocenters. The van der Waals surface area contributed by atoms with Crippen LogP contribution in [-0.2, 0) is 0 Å². The summed E-state index contributed by atoms with van der Waals surface area (Å²) in [5.41, 5.74) is 0.765. The maximum absolute atomic E-state index is 12.1. The van der Waals surface area contributed by atoms with E-state index in [4.69, 9.17) is 0 Å². The quantitative estimate of drug-likeness (QED) is 0.801. The zero-order valence-electron chi connectivity index (χ0n) is 10.9. The molecule has 2 atom stereocenters. The Labute approximate surface area is 123 Å².